The van der Waals surface area contributed by atoms with Crippen LogP contribution >= 0.6 is 0 Å². The number of nitrogens with zero attached hydrogens (tertiary/aromatic N) is 1. The molecule has 3 nitrogen and oxygen atoms in total. The molecular weight excluding hydrogens is 214 g/mol. The van der Waals surface area contributed by atoms with Crippen molar-refractivity contribution in [1.29, 1.82) is 0 Å². The van der Waals surface area contributed by atoms with Gasteiger partial charge in [0.1, 0.15) is 0 Å². The molecule has 0 saturated carbocycles. The number of carbonyl (C=O) groups is 1. The van der Waals surface area contributed by atoms with E-state index in [-0.39, 0.29) is 5.97 Å². The Hall–Kier alpha value is -1.77. The molecule has 1 aliphatic rings. The number of hydrogen-bond donors (Lipinski definition) is 0. The van der Waals surface area contributed by atoms with E-state index in [1.165, 1.54) is 31.7 Å². The maximum Gasteiger partial charge on any atom is 0.330 e. The third-order valence-corrected chi connectivity index (χ3v) is 2.95. The highest BCUT2D eigenvalue weighted by atomic mass is 16.5. The fraction of sp³-hybridized carbons (Fsp3) is 0.357. The molecule has 17 heavy (non-hydrogen) atoms. The van der Waals surface area contributed by atoms with E-state index >= 15 is 0 Å². The lowest BCUT2D eigenvalue weighted by molar-refractivity contribution is -0.134. The zero-order valence-electron chi connectivity index (χ0n) is 10.1. The van der Waals surface area contributed by atoms with Gasteiger partial charge in [0.05, 0.1) is 7.11 Å². The maximum absolute atomic E-state index is 11.0. The molecule has 0 amide bonds. The van der Waals surface area contributed by atoms with Gasteiger partial charge in [0.25, 0.3) is 0 Å². The lowest BCUT2D eigenvalue weighted by Gasteiger charge is -2.17. The van der Waals surface area contributed by atoms with Crippen LogP contribution in [-0.2, 0) is 9.53 Å². The fourth-order valence-corrected chi connectivity index (χ4v) is 2.03. The van der Waals surface area contributed by atoms with E-state index in [0.29, 0.717) is 0 Å². The van der Waals surface area contributed by atoms with E-state index in [0.717, 1.165) is 18.7 Å². The molecule has 0 atom stereocenters. The van der Waals surface area contributed by atoms with Crippen LogP contribution in [0.15, 0.2) is 30.3 Å². The number of esters is 1. The number of carbonyl (C=O) groups excluding carboxylic acids is 1. The molecule has 1 fully saturated rings. The Morgan fingerprint density at radius 1 is 1.35 bits per heavy atom. The number of rotatable bonds is 3. The van der Waals surface area contributed by atoms with Gasteiger partial charge in [0.15, 0.2) is 0 Å². The monoisotopic (exact) mass is 231 g/mol. The number of hydrogen-bond acceptors (Lipinski definition) is 3. The van der Waals surface area contributed by atoms with Crippen LogP contribution in [0.25, 0.3) is 6.08 Å². The second-order valence-corrected chi connectivity index (χ2v) is 4.15. The molecule has 0 radical (unpaired) electrons. The standard InChI is InChI=1S/C14H17NO2/c1-17-14(16)8-7-12-5-4-6-13(11-12)15-9-2-3-10-15/h4-8,11H,2-3,9-10H2,1H3. The first-order chi connectivity index (χ1) is 8.29. The SMILES string of the molecule is COC(=O)C=Cc1cccc(N2CCCC2)c1. The third kappa shape index (κ3) is 3.09. The quantitative estimate of drug-likeness (QED) is 0.591. The first kappa shape index (κ1) is 11.7. The Balaban J connectivity index is 2.11. The molecule has 1 heterocycles. The van der Waals surface area contributed by atoms with Crippen LogP contribution in [0.4, 0.5) is 5.69 Å². The lowest BCUT2D eigenvalue weighted by atomic mass is 10.2. The molecular formula is C14H17NO2. The van der Waals surface area contributed by atoms with Crippen LogP contribution in [0.1, 0.15) is 18.4 Å². The summed E-state index contributed by atoms with van der Waals surface area (Å²) in [5.74, 6) is -0.323. The number of ether oxygens (including phenoxy) is 1. The second-order valence-electron chi connectivity index (χ2n) is 4.15. The smallest absolute Gasteiger partial charge is 0.330 e. The molecule has 0 aromatic heterocycles. The van der Waals surface area contributed by atoms with Gasteiger partial charge in [0, 0.05) is 24.9 Å². The Labute approximate surface area is 102 Å². The Morgan fingerprint density at radius 2 is 2.12 bits per heavy atom. The van der Waals surface area contributed by atoms with Gasteiger partial charge in [0.2, 0.25) is 0 Å². The molecule has 1 aromatic carbocycles. The van der Waals surface area contributed by atoms with Gasteiger partial charge in [-0.25, -0.2) is 4.79 Å². The maximum atomic E-state index is 11.0. The summed E-state index contributed by atoms with van der Waals surface area (Å²) in [4.78, 5) is 13.4. The minimum Gasteiger partial charge on any atom is -0.466 e. The van der Waals surface area contributed by atoms with Crippen molar-refractivity contribution in [1.82, 2.24) is 0 Å². The average molecular weight is 231 g/mol. The Kier molecular flexibility index (Phi) is 3.81. The molecule has 0 bridgehead atoms. The van der Waals surface area contributed by atoms with Crippen LogP contribution in [0.2, 0.25) is 0 Å². The van der Waals surface area contributed by atoms with Gasteiger partial charge < -0.3 is 9.64 Å². The Bertz CT molecular complexity index is 420. The highest BCUT2D eigenvalue weighted by molar-refractivity contribution is 5.87. The molecule has 0 spiro atoms. The van der Waals surface area contributed by atoms with E-state index in [1.807, 2.05) is 12.1 Å². The minimum absolute atomic E-state index is 0.323. The second kappa shape index (κ2) is 5.53. The predicted octanol–water partition coefficient (Wildman–Crippen LogP) is 2.47. The van der Waals surface area contributed by atoms with Crippen LogP contribution in [0.3, 0.4) is 0 Å². The van der Waals surface area contributed by atoms with Crippen molar-refractivity contribution in [3.8, 4) is 0 Å². The summed E-state index contributed by atoms with van der Waals surface area (Å²) in [6, 6.07) is 8.22. The van der Waals surface area contributed by atoms with Crippen LogP contribution in [0, 0.1) is 0 Å². The number of anilines is 1. The van der Waals surface area contributed by atoms with E-state index in [2.05, 4.69) is 21.8 Å². The zero-order chi connectivity index (χ0) is 12.1. The Morgan fingerprint density at radius 3 is 2.82 bits per heavy atom. The lowest BCUT2D eigenvalue weighted by Crippen LogP contribution is -2.17. The van der Waals surface area contributed by atoms with E-state index in [4.69, 9.17) is 0 Å². The van der Waals surface area contributed by atoms with Gasteiger partial charge in [-0.1, -0.05) is 12.1 Å². The molecule has 2 rings (SSSR count). The third-order valence-electron chi connectivity index (χ3n) is 2.95. The summed E-state index contributed by atoms with van der Waals surface area (Å²) in [5, 5.41) is 0. The van der Waals surface area contributed by atoms with Crippen molar-refractivity contribution in [2.45, 2.75) is 12.8 Å². The van der Waals surface area contributed by atoms with Gasteiger partial charge >= 0.3 is 5.97 Å². The van der Waals surface area contributed by atoms with E-state index in [1.54, 1.807) is 6.08 Å². The summed E-state index contributed by atoms with van der Waals surface area (Å²) in [6.07, 6.45) is 5.76. The van der Waals surface area contributed by atoms with Crippen molar-refractivity contribution >= 4 is 17.7 Å². The summed E-state index contributed by atoms with van der Waals surface area (Å²) >= 11 is 0. The van der Waals surface area contributed by atoms with E-state index in [9.17, 15) is 4.79 Å². The summed E-state index contributed by atoms with van der Waals surface area (Å²) in [6.45, 7) is 2.26. The molecule has 90 valence electrons. The molecule has 1 aliphatic heterocycles. The van der Waals surface area contributed by atoms with Crippen molar-refractivity contribution < 1.29 is 9.53 Å². The fourth-order valence-electron chi connectivity index (χ4n) is 2.03. The van der Waals surface area contributed by atoms with E-state index < -0.39 is 0 Å². The summed E-state index contributed by atoms with van der Waals surface area (Å²) in [7, 11) is 1.38. The molecule has 0 aliphatic carbocycles. The molecule has 3 heteroatoms. The highest BCUT2D eigenvalue weighted by Crippen LogP contribution is 2.21. The summed E-state index contributed by atoms with van der Waals surface area (Å²) in [5.41, 5.74) is 2.26. The minimum atomic E-state index is -0.323. The molecule has 0 N–H and O–H groups in total. The zero-order valence-corrected chi connectivity index (χ0v) is 10.1. The van der Waals surface area contributed by atoms with Gasteiger partial charge in [-0.15, -0.1) is 0 Å². The first-order valence-electron chi connectivity index (χ1n) is 5.90. The van der Waals surface area contributed by atoms with Gasteiger partial charge in [-0.2, -0.15) is 0 Å². The summed E-state index contributed by atoms with van der Waals surface area (Å²) < 4.78 is 4.57. The van der Waals surface area contributed by atoms with Gasteiger partial charge in [-0.3, -0.25) is 0 Å². The van der Waals surface area contributed by atoms with Crippen molar-refractivity contribution in [2.75, 3.05) is 25.1 Å². The van der Waals surface area contributed by atoms with Crippen LogP contribution in [-0.4, -0.2) is 26.2 Å². The highest BCUT2D eigenvalue weighted by Gasteiger charge is 2.11. The van der Waals surface area contributed by atoms with Crippen LogP contribution in [0.5, 0.6) is 0 Å². The predicted molar refractivity (Wildman–Crippen MR) is 68.9 cm³/mol. The molecule has 1 aromatic rings. The average Bonchev–Trinajstić information content (AvgIpc) is 2.90. The topological polar surface area (TPSA) is 29.5 Å². The normalized spacial score (nSPS) is 15.5. The van der Waals surface area contributed by atoms with Crippen molar-refractivity contribution in [3.63, 3.8) is 0 Å². The van der Waals surface area contributed by atoms with Crippen LogP contribution < -0.4 is 4.90 Å². The van der Waals surface area contributed by atoms with Gasteiger partial charge in [-0.05, 0) is 36.6 Å². The molecule has 0 unspecified atom stereocenters. The molecule has 1 saturated heterocycles. The first-order valence-corrected chi connectivity index (χ1v) is 5.90. The number of benzene rings is 1. The number of methoxy groups -OCH3 is 1. The van der Waals surface area contributed by atoms with Crippen molar-refractivity contribution in [3.05, 3.63) is 35.9 Å². The largest absolute Gasteiger partial charge is 0.466 e. The van der Waals surface area contributed by atoms with Crippen molar-refractivity contribution in [2.24, 2.45) is 0 Å².